The minimum atomic E-state index is 0. The lowest BCUT2D eigenvalue weighted by molar-refractivity contribution is -0.00000426. The van der Waals surface area contributed by atoms with E-state index >= 15 is 0 Å². The van der Waals surface area contributed by atoms with E-state index in [4.69, 9.17) is 0 Å². The molecule has 1 aliphatic carbocycles. The Morgan fingerprint density at radius 2 is 1.22 bits per heavy atom. The lowest BCUT2D eigenvalue weighted by atomic mass is 9.86. The fourth-order valence-electron chi connectivity index (χ4n) is 3.58. The largest absolute Gasteiger partial charge is 1.00 e. The van der Waals surface area contributed by atoms with Crippen LogP contribution in [0, 0.1) is 0 Å². The lowest BCUT2D eigenvalue weighted by Crippen LogP contribution is -3.00. The van der Waals surface area contributed by atoms with Crippen molar-refractivity contribution in [2.45, 2.75) is 12.8 Å². The highest BCUT2D eigenvalue weighted by molar-refractivity contribution is 5.94. The number of rotatable bonds is 0. The van der Waals surface area contributed by atoms with Crippen LogP contribution in [0.1, 0.15) is 35.1 Å². The fraction of sp³-hybridized carbons (Fsp3) is 0.238. The summed E-state index contributed by atoms with van der Waals surface area (Å²) in [5, 5.41) is 0. The third-order valence-corrected chi connectivity index (χ3v) is 4.85. The van der Waals surface area contributed by atoms with Gasteiger partial charge in [0, 0.05) is 13.1 Å². The van der Waals surface area contributed by atoms with Gasteiger partial charge in [-0.1, -0.05) is 66.3 Å². The van der Waals surface area contributed by atoms with E-state index in [9.17, 15) is 0 Å². The maximum absolute atomic E-state index is 2.43. The minimum Gasteiger partial charge on any atom is -1.00 e. The average Bonchev–Trinajstić information content (AvgIpc) is 2.73. The van der Waals surface area contributed by atoms with E-state index in [-0.39, 0.29) is 12.4 Å². The second-order valence-corrected chi connectivity index (χ2v) is 6.29. The van der Waals surface area contributed by atoms with Crippen LogP contribution in [-0.2, 0) is 0 Å². The first-order valence-corrected chi connectivity index (χ1v) is 8.10. The fourth-order valence-corrected chi connectivity index (χ4v) is 3.58. The molecule has 0 bridgehead atoms. The second-order valence-electron chi connectivity index (χ2n) is 6.29. The Hall–Kier alpha value is -1.83. The number of likely N-dealkylation sites (tertiary alicyclic amines) is 1. The summed E-state index contributed by atoms with van der Waals surface area (Å²) in [6, 6.07) is 17.6. The van der Waals surface area contributed by atoms with Gasteiger partial charge >= 0.3 is 0 Å². The van der Waals surface area contributed by atoms with Crippen molar-refractivity contribution in [3.8, 4) is 0 Å². The van der Waals surface area contributed by atoms with Crippen molar-refractivity contribution in [1.82, 2.24) is 4.90 Å². The Balaban J connectivity index is 0.00000156. The molecule has 2 aliphatic rings. The molecule has 1 saturated heterocycles. The molecule has 0 spiro atoms. The first-order chi connectivity index (χ1) is 10.8. The molecule has 1 fully saturated rings. The van der Waals surface area contributed by atoms with Gasteiger partial charge in [-0.2, -0.15) is 0 Å². The minimum absolute atomic E-state index is 0. The number of benzene rings is 2. The van der Waals surface area contributed by atoms with E-state index < -0.39 is 0 Å². The molecule has 0 radical (unpaired) electrons. The summed E-state index contributed by atoms with van der Waals surface area (Å²) in [5.41, 5.74) is 8.54. The van der Waals surface area contributed by atoms with Crippen LogP contribution < -0.4 is 12.4 Å². The predicted molar refractivity (Wildman–Crippen MR) is 94.6 cm³/mol. The topological polar surface area (TPSA) is 3.24 Å². The zero-order chi connectivity index (χ0) is 14.9. The van der Waals surface area contributed by atoms with E-state index in [2.05, 4.69) is 72.6 Å². The molecule has 0 aromatic heterocycles. The van der Waals surface area contributed by atoms with Gasteiger partial charge < -0.3 is 17.3 Å². The summed E-state index contributed by atoms with van der Waals surface area (Å²) in [6.07, 6.45) is 6.87. The Morgan fingerprint density at radius 1 is 0.739 bits per heavy atom. The molecule has 23 heavy (non-hydrogen) atoms. The van der Waals surface area contributed by atoms with Gasteiger partial charge in [0.1, 0.15) is 0 Å². The number of hydrogen-bond acceptors (Lipinski definition) is 1. The number of nitrogens with zero attached hydrogens (tertiary/aromatic N) is 1. The molecule has 0 N–H and O–H groups in total. The van der Waals surface area contributed by atoms with Crippen LogP contribution in [0.5, 0.6) is 0 Å². The van der Waals surface area contributed by atoms with Gasteiger partial charge in [0.15, 0.2) is 0 Å². The van der Waals surface area contributed by atoms with Crippen molar-refractivity contribution in [1.29, 1.82) is 0 Å². The van der Waals surface area contributed by atoms with Crippen molar-refractivity contribution in [3.63, 3.8) is 0 Å². The first kappa shape index (κ1) is 16.0. The van der Waals surface area contributed by atoms with Crippen molar-refractivity contribution >= 4 is 17.7 Å². The zero-order valence-electron chi connectivity index (χ0n) is 13.4. The highest BCUT2D eigenvalue weighted by atomic mass is 35.5. The number of fused-ring (bicyclic) bond motifs is 2. The maximum atomic E-state index is 2.43. The molecule has 118 valence electrons. The van der Waals surface area contributed by atoms with Gasteiger partial charge in [-0.3, -0.25) is 0 Å². The molecule has 4 rings (SSSR count). The van der Waals surface area contributed by atoms with E-state index in [1.807, 2.05) is 0 Å². The Bertz CT molecular complexity index is 711. The Kier molecular flexibility index (Phi) is 4.70. The van der Waals surface area contributed by atoms with Crippen molar-refractivity contribution in [3.05, 3.63) is 76.4 Å². The first-order valence-electron chi connectivity index (χ1n) is 8.10. The monoisotopic (exact) mass is 322 g/mol. The highest BCUT2D eigenvalue weighted by Gasteiger charge is 2.20. The third kappa shape index (κ3) is 2.99. The van der Waals surface area contributed by atoms with Gasteiger partial charge in [-0.25, -0.2) is 0 Å². The molecule has 0 atom stereocenters. The molecule has 0 amide bonds. The zero-order valence-corrected chi connectivity index (χ0v) is 14.2. The van der Waals surface area contributed by atoms with Gasteiger partial charge in [0.25, 0.3) is 0 Å². The lowest BCUT2D eigenvalue weighted by Gasteiger charge is -2.27. The van der Waals surface area contributed by atoms with Crippen LogP contribution in [0.25, 0.3) is 17.7 Å². The SMILES string of the molecule is CN1CCC(=C2c3ccccc3C=Cc3ccccc32)CC1.[Cl-]. The van der Waals surface area contributed by atoms with Crippen LogP contribution in [-0.4, -0.2) is 25.0 Å². The van der Waals surface area contributed by atoms with Gasteiger partial charge in [-0.05, 0) is 47.7 Å². The highest BCUT2D eigenvalue weighted by Crippen LogP contribution is 2.38. The van der Waals surface area contributed by atoms with Crippen molar-refractivity contribution in [2.75, 3.05) is 20.1 Å². The van der Waals surface area contributed by atoms with Gasteiger partial charge in [0.2, 0.25) is 0 Å². The van der Waals surface area contributed by atoms with Crippen LogP contribution >= 0.6 is 0 Å². The van der Waals surface area contributed by atoms with Gasteiger partial charge in [0.05, 0.1) is 0 Å². The van der Waals surface area contributed by atoms with E-state index in [1.165, 1.54) is 40.7 Å². The summed E-state index contributed by atoms with van der Waals surface area (Å²) >= 11 is 0. The standard InChI is InChI=1S/C21H21N.ClH/c1-22-14-12-18(13-15-22)21-19-8-4-2-6-16(19)10-11-17-7-3-5-9-20(17)21;/h2-11H,12-15H2,1H3;1H/p-1. The van der Waals surface area contributed by atoms with Crippen LogP contribution in [0.2, 0.25) is 0 Å². The Morgan fingerprint density at radius 3 is 1.74 bits per heavy atom. The van der Waals surface area contributed by atoms with Crippen LogP contribution in [0.15, 0.2) is 54.1 Å². The molecule has 2 aromatic rings. The number of halogens is 1. The normalized spacial score (nSPS) is 17.1. The average molecular weight is 323 g/mol. The number of hydrogen-bond donors (Lipinski definition) is 0. The molecule has 1 nitrogen and oxygen atoms in total. The van der Waals surface area contributed by atoms with E-state index in [0.29, 0.717) is 0 Å². The molecular weight excluding hydrogens is 302 g/mol. The number of piperidine rings is 1. The summed E-state index contributed by atoms with van der Waals surface area (Å²) in [6.45, 7) is 2.33. The smallest absolute Gasteiger partial charge is 0.00160 e. The quantitative estimate of drug-likeness (QED) is 0.609. The molecule has 2 aromatic carbocycles. The van der Waals surface area contributed by atoms with E-state index in [0.717, 1.165) is 13.1 Å². The van der Waals surface area contributed by atoms with Crippen LogP contribution in [0.4, 0.5) is 0 Å². The summed E-state index contributed by atoms with van der Waals surface area (Å²) in [5.74, 6) is 0. The van der Waals surface area contributed by atoms with Crippen molar-refractivity contribution in [2.24, 2.45) is 0 Å². The molecule has 0 unspecified atom stereocenters. The maximum Gasteiger partial charge on any atom is 0.00160 e. The van der Waals surface area contributed by atoms with Crippen LogP contribution in [0.3, 0.4) is 0 Å². The summed E-state index contributed by atoms with van der Waals surface area (Å²) in [7, 11) is 2.22. The molecule has 1 heterocycles. The third-order valence-electron chi connectivity index (χ3n) is 4.85. The van der Waals surface area contributed by atoms with Gasteiger partial charge in [-0.15, -0.1) is 0 Å². The Labute approximate surface area is 144 Å². The molecule has 2 heteroatoms. The molecule has 1 aliphatic heterocycles. The van der Waals surface area contributed by atoms with E-state index in [1.54, 1.807) is 5.57 Å². The summed E-state index contributed by atoms with van der Waals surface area (Å²) < 4.78 is 0. The predicted octanol–water partition coefficient (Wildman–Crippen LogP) is 1.70. The molecule has 0 saturated carbocycles. The van der Waals surface area contributed by atoms with Crippen molar-refractivity contribution < 1.29 is 12.4 Å². The second kappa shape index (κ2) is 6.74. The summed E-state index contributed by atoms with van der Waals surface area (Å²) in [4.78, 5) is 2.43. The molecular formula is C21H21ClN-.